The van der Waals surface area contributed by atoms with E-state index < -0.39 is 5.54 Å². The molecule has 0 unspecified atom stereocenters. The van der Waals surface area contributed by atoms with Gasteiger partial charge in [-0.25, -0.2) is 4.98 Å². The van der Waals surface area contributed by atoms with E-state index in [0.717, 1.165) is 44.6 Å². The predicted molar refractivity (Wildman–Crippen MR) is 165 cm³/mol. The number of carbonyl (C=O) groups excluding carboxylic acids is 1. The lowest BCUT2D eigenvalue weighted by Crippen LogP contribution is -2.38. The second-order valence-electron chi connectivity index (χ2n) is 9.95. The summed E-state index contributed by atoms with van der Waals surface area (Å²) in [5.41, 5.74) is 5.01. The number of methoxy groups -OCH3 is 1. The van der Waals surface area contributed by atoms with Gasteiger partial charge >= 0.3 is 0 Å². The first-order chi connectivity index (χ1) is 20.1. The van der Waals surface area contributed by atoms with Gasteiger partial charge in [-0.05, 0) is 53.3 Å². The molecule has 0 fully saturated rings. The number of nitrogens with zero attached hydrogens (tertiary/aromatic N) is 2. The number of ether oxygens (including phenoxy) is 1. The number of carbonyl (C=O) groups is 1. The van der Waals surface area contributed by atoms with Gasteiger partial charge in [0.05, 0.1) is 19.1 Å². The van der Waals surface area contributed by atoms with Crippen LogP contribution in [-0.4, -0.2) is 22.4 Å². The number of fused-ring (bicyclic) bond motifs is 1. The number of imidazole rings is 1. The van der Waals surface area contributed by atoms with Gasteiger partial charge in [-0.2, -0.15) is 0 Å². The number of benzene rings is 5. The number of hydrogen-bond donors (Lipinski definition) is 0. The highest BCUT2D eigenvalue weighted by Crippen LogP contribution is 2.42. The van der Waals surface area contributed by atoms with Crippen LogP contribution in [0.15, 0.2) is 140 Å². The highest BCUT2D eigenvalue weighted by molar-refractivity contribution is 6.15. The Balaban J connectivity index is 1.48. The molecule has 200 valence electrons. The van der Waals surface area contributed by atoms with Crippen molar-refractivity contribution in [3.63, 3.8) is 0 Å². The molecule has 0 aliphatic rings. The van der Waals surface area contributed by atoms with Gasteiger partial charge in [-0.3, -0.25) is 4.79 Å². The number of ketones is 1. The zero-order valence-electron chi connectivity index (χ0n) is 23.1. The van der Waals surface area contributed by atoms with Crippen molar-refractivity contribution in [3.8, 4) is 5.75 Å². The fourth-order valence-electron chi connectivity index (χ4n) is 5.79. The summed E-state index contributed by atoms with van der Waals surface area (Å²) in [4.78, 5) is 18.3. The van der Waals surface area contributed by atoms with E-state index in [4.69, 9.17) is 9.72 Å². The Kier molecular flexibility index (Phi) is 7.05. The molecule has 0 N–H and O–H groups in total. The van der Waals surface area contributed by atoms with Crippen LogP contribution in [0, 0.1) is 6.92 Å². The maximum atomic E-state index is 13.4. The summed E-state index contributed by atoms with van der Waals surface area (Å²) >= 11 is 0. The van der Waals surface area contributed by atoms with Crippen molar-refractivity contribution in [2.75, 3.05) is 7.11 Å². The van der Waals surface area contributed by atoms with Crippen molar-refractivity contribution in [2.45, 2.75) is 12.5 Å². The summed E-state index contributed by atoms with van der Waals surface area (Å²) in [6.45, 7) is 2.06. The number of allylic oxidation sites excluding steroid dienone is 1. The molecule has 0 amide bonds. The van der Waals surface area contributed by atoms with E-state index in [1.165, 1.54) is 0 Å². The monoisotopic (exact) mass is 534 g/mol. The quantitative estimate of drug-likeness (QED) is 0.113. The van der Waals surface area contributed by atoms with E-state index in [9.17, 15) is 4.79 Å². The molecule has 41 heavy (non-hydrogen) atoms. The molecule has 1 aromatic heterocycles. The number of aromatic nitrogens is 2. The van der Waals surface area contributed by atoms with Gasteiger partial charge in [0.1, 0.15) is 11.3 Å². The zero-order chi connectivity index (χ0) is 28.2. The Labute approximate surface area is 240 Å². The molecule has 0 aliphatic heterocycles. The van der Waals surface area contributed by atoms with Gasteiger partial charge in [0.25, 0.3) is 0 Å². The van der Waals surface area contributed by atoms with E-state index in [1.807, 2.05) is 67.0 Å². The largest absolute Gasteiger partial charge is 0.496 e. The third-order valence-electron chi connectivity index (χ3n) is 7.74. The Hall–Kier alpha value is -5.22. The lowest BCUT2D eigenvalue weighted by Gasteiger charge is -2.38. The summed E-state index contributed by atoms with van der Waals surface area (Å²) in [6, 6.07) is 43.0. The summed E-state index contributed by atoms with van der Waals surface area (Å²) < 4.78 is 7.73. The van der Waals surface area contributed by atoms with Crippen molar-refractivity contribution >= 4 is 22.6 Å². The average Bonchev–Trinajstić information content (AvgIpc) is 3.41. The maximum Gasteiger partial charge on any atom is 0.186 e. The summed E-state index contributed by atoms with van der Waals surface area (Å²) in [7, 11) is 1.64. The normalized spacial score (nSPS) is 11.7. The second-order valence-corrected chi connectivity index (χ2v) is 9.95. The number of rotatable bonds is 8. The predicted octanol–water partition coefficient (Wildman–Crippen LogP) is 8.09. The smallest absolute Gasteiger partial charge is 0.186 e. The van der Waals surface area contributed by atoms with Crippen LogP contribution in [0.5, 0.6) is 5.75 Å². The second kappa shape index (κ2) is 11.1. The minimum Gasteiger partial charge on any atom is -0.496 e. The molecule has 4 heteroatoms. The third-order valence-corrected chi connectivity index (χ3v) is 7.74. The van der Waals surface area contributed by atoms with Gasteiger partial charge in [0, 0.05) is 16.6 Å². The van der Waals surface area contributed by atoms with E-state index in [1.54, 1.807) is 13.2 Å². The fraction of sp³-hybridized carbons (Fsp3) is 0.0811. The summed E-state index contributed by atoms with van der Waals surface area (Å²) in [5.74, 6) is 0.660. The van der Waals surface area contributed by atoms with Crippen molar-refractivity contribution in [2.24, 2.45) is 0 Å². The SMILES string of the molecule is COc1ccc(C(=O)/C=C/c2ncn(C(c3ccccc3)(c3ccccc3)c3ccccc3)c2C)c2ccccc12. The molecule has 0 aliphatic carbocycles. The molecule has 0 saturated carbocycles. The van der Waals surface area contributed by atoms with Crippen LogP contribution in [-0.2, 0) is 5.54 Å². The summed E-state index contributed by atoms with van der Waals surface area (Å²) in [6.07, 6.45) is 5.32. The first kappa shape index (κ1) is 26.0. The molecule has 0 atom stereocenters. The summed E-state index contributed by atoms with van der Waals surface area (Å²) in [5, 5.41) is 1.77. The lowest BCUT2D eigenvalue weighted by atomic mass is 9.76. The van der Waals surface area contributed by atoms with Crippen molar-refractivity contribution in [3.05, 3.63) is 173 Å². The highest BCUT2D eigenvalue weighted by Gasteiger charge is 2.39. The first-order valence-electron chi connectivity index (χ1n) is 13.6. The highest BCUT2D eigenvalue weighted by atomic mass is 16.5. The standard InChI is InChI=1S/C37H30N2O2/c1-27-34(23-24-35(40)32-22-25-36(41-2)33-21-13-12-20-31(32)33)38-26-39(27)37(28-14-6-3-7-15-28,29-16-8-4-9-17-29)30-18-10-5-11-19-30/h3-26H,1-2H3/b24-23+. The molecule has 0 radical (unpaired) electrons. The van der Waals surface area contributed by atoms with Crippen molar-refractivity contribution in [1.82, 2.24) is 9.55 Å². The Morgan fingerprint density at radius 1 is 0.707 bits per heavy atom. The van der Waals surface area contributed by atoms with Crippen LogP contribution in [0.25, 0.3) is 16.8 Å². The maximum absolute atomic E-state index is 13.4. The topological polar surface area (TPSA) is 44.1 Å². The van der Waals surface area contributed by atoms with Crippen LogP contribution in [0.2, 0.25) is 0 Å². The minimum absolute atomic E-state index is 0.0850. The van der Waals surface area contributed by atoms with Gasteiger partial charge in [-0.1, -0.05) is 115 Å². The molecule has 1 heterocycles. The van der Waals surface area contributed by atoms with E-state index in [0.29, 0.717) is 5.56 Å². The van der Waals surface area contributed by atoms with E-state index in [-0.39, 0.29) is 5.78 Å². The van der Waals surface area contributed by atoms with Gasteiger partial charge < -0.3 is 9.30 Å². The van der Waals surface area contributed by atoms with Crippen LogP contribution in [0.3, 0.4) is 0 Å². The van der Waals surface area contributed by atoms with Crippen LogP contribution in [0.4, 0.5) is 0 Å². The molecule has 6 rings (SSSR count). The fourth-order valence-corrected chi connectivity index (χ4v) is 5.79. The van der Waals surface area contributed by atoms with Crippen LogP contribution in [0.1, 0.15) is 38.4 Å². The van der Waals surface area contributed by atoms with Crippen LogP contribution < -0.4 is 4.74 Å². The Morgan fingerprint density at radius 3 is 1.76 bits per heavy atom. The average molecular weight is 535 g/mol. The van der Waals surface area contributed by atoms with Gasteiger partial charge in [0.2, 0.25) is 0 Å². The molecular formula is C37H30N2O2. The molecule has 0 saturated heterocycles. The van der Waals surface area contributed by atoms with Gasteiger partial charge in [-0.15, -0.1) is 0 Å². The molecular weight excluding hydrogens is 504 g/mol. The Bertz CT molecular complexity index is 1740. The first-order valence-corrected chi connectivity index (χ1v) is 13.6. The molecule has 4 nitrogen and oxygen atoms in total. The molecule has 6 aromatic rings. The van der Waals surface area contributed by atoms with E-state index in [2.05, 4.69) is 84.3 Å². The third kappa shape index (κ3) is 4.53. The minimum atomic E-state index is -0.664. The van der Waals surface area contributed by atoms with Gasteiger partial charge in [0.15, 0.2) is 5.78 Å². The van der Waals surface area contributed by atoms with E-state index >= 15 is 0 Å². The zero-order valence-corrected chi connectivity index (χ0v) is 23.1. The molecule has 5 aromatic carbocycles. The molecule has 0 spiro atoms. The molecule has 0 bridgehead atoms. The van der Waals surface area contributed by atoms with Crippen molar-refractivity contribution in [1.29, 1.82) is 0 Å². The lowest BCUT2D eigenvalue weighted by molar-refractivity contribution is 0.104. The van der Waals surface area contributed by atoms with Crippen molar-refractivity contribution < 1.29 is 9.53 Å². The Morgan fingerprint density at radius 2 is 1.22 bits per heavy atom. The van der Waals surface area contributed by atoms with Crippen LogP contribution >= 0.6 is 0 Å². The number of hydrogen-bond acceptors (Lipinski definition) is 3.